The third kappa shape index (κ3) is 0.772. The molecule has 2 aliphatic rings. The zero-order valence-corrected chi connectivity index (χ0v) is 6.74. The minimum Gasteiger partial charge on any atom is -0.364 e. The summed E-state index contributed by atoms with van der Waals surface area (Å²) in [5, 5.41) is 1.85. The highest BCUT2D eigenvalue weighted by Gasteiger charge is 2.40. The van der Waals surface area contributed by atoms with Gasteiger partial charge in [-0.2, -0.15) is 0 Å². The SMILES string of the molecule is CC12CC(=O)C=S1CCO2. The highest BCUT2D eigenvalue weighted by atomic mass is 32.2. The van der Waals surface area contributed by atoms with Crippen LogP contribution in [-0.2, 0) is 9.53 Å². The lowest BCUT2D eigenvalue weighted by molar-refractivity contribution is -0.114. The third-order valence-corrected chi connectivity index (χ3v) is 4.56. The number of ketones is 1. The molecule has 10 heavy (non-hydrogen) atoms. The summed E-state index contributed by atoms with van der Waals surface area (Å²) in [6.45, 7) is 2.88. The van der Waals surface area contributed by atoms with Gasteiger partial charge in [0.15, 0.2) is 5.78 Å². The van der Waals surface area contributed by atoms with Crippen LogP contribution in [0, 0.1) is 0 Å². The van der Waals surface area contributed by atoms with Gasteiger partial charge in [0.25, 0.3) is 0 Å². The minimum absolute atomic E-state index is 0.100. The molecule has 2 heterocycles. The molecule has 0 spiro atoms. The van der Waals surface area contributed by atoms with E-state index in [1.54, 1.807) is 0 Å². The fraction of sp³-hybridized carbons (Fsp3) is 0.714. The monoisotopic (exact) mass is 158 g/mol. The molecule has 0 aliphatic carbocycles. The zero-order valence-electron chi connectivity index (χ0n) is 5.92. The number of fused-ring (bicyclic) bond motifs is 1. The van der Waals surface area contributed by atoms with E-state index in [4.69, 9.17) is 4.74 Å². The van der Waals surface area contributed by atoms with Gasteiger partial charge in [-0.25, -0.2) is 0 Å². The summed E-state index contributed by atoms with van der Waals surface area (Å²) in [6, 6.07) is 0. The van der Waals surface area contributed by atoms with E-state index >= 15 is 0 Å². The maximum atomic E-state index is 10.9. The first-order valence-electron chi connectivity index (χ1n) is 3.42. The Bertz CT molecular complexity index is 222. The van der Waals surface area contributed by atoms with E-state index < -0.39 is 0 Å². The number of ether oxygens (including phenoxy) is 1. The van der Waals surface area contributed by atoms with Crippen LogP contribution in [0.15, 0.2) is 0 Å². The van der Waals surface area contributed by atoms with Crippen molar-refractivity contribution in [3.63, 3.8) is 0 Å². The highest BCUT2D eigenvalue weighted by molar-refractivity contribution is 8.17. The Balaban J connectivity index is 2.37. The van der Waals surface area contributed by atoms with Gasteiger partial charge in [0.2, 0.25) is 0 Å². The molecule has 2 atom stereocenters. The quantitative estimate of drug-likeness (QED) is 0.487. The van der Waals surface area contributed by atoms with Crippen molar-refractivity contribution in [2.24, 2.45) is 0 Å². The van der Waals surface area contributed by atoms with E-state index in [1.807, 2.05) is 12.3 Å². The normalized spacial score (nSPS) is 45.3. The van der Waals surface area contributed by atoms with E-state index in [1.165, 1.54) is 0 Å². The van der Waals surface area contributed by atoms with Crippen LogP contribution < -0.4 is 0 Å². The molecule has 0 N–H and O–H groups in total. The lowest BCUT2D eigenvalue weighted by Gasteiger charge is -2.18. The molecule has 0 aromatic rings. The van der Waals surface area contributed by atoms with Crippen molar-refractivity contribution in [2.45, 2.75) is 18.3 Å². The van der Waals surface area contributed by atoms with E-state index in [-0.39, 0.29) is 21.2 Å². The van der Waals surface area contributed by atoms with Crippen LogP contribution in [0.1, 0.15) is 13.3 Å². The zero-order chi connectivity index (χ0) is 7.19. The molecule has 56 valence electrons. The number of carbonyl (C=O) groups excluding carboxylic acids is 1. The van der Waals surface area contributed by atoms with Crippen molar-refractivity contribution in [1.29, 1.82) is 0 Å². The van der Waals surface area contributed by atoms with Crippen molar-refractivity contribution in [3.8, 4) is 0 Å². The Morgan fingerprint density at radius 2 is 2.60 bits per heavy atom. The van der Waals surface area contributed by atoms with Crippen molar-refractivity contribution in [3.05, 3.63) is 0 Å². The van der Waals surface area contributed by atoms with Gasteiger partial charge >= 0.3 is 0 Å². The fourth-order valence-corrected chi connectivity index (χ4v) is 3.51. The molecule has 0 aromatic carbocycles. The van der Waals surface area contributed by atoms with Gasteiger partial charge in [0.1, 0.15) is 4.93 Å². The molecule has 1 fully saturated rings. The second-order valence-corrected chi connectivity index (χ2v) is 5.24. The van der Waals surface area contributed by atoms with Crippen LogP contribution in [0.5, 0.6) is 0 Å². The molecular formula is C7H10O2S. The van der Waals surface area contributed by atoms with Gasteiger partial charge in [0.05, 0.1) is 6.61 Å². The van der Waals surface area contributed by atoms with Gasteiger partial charge in [-0.3, -0.25) is 4.79 Å². The number of Topliss-reactive ketones (excluding diaryl/α,β-unsaturated/α-hetero) is 1. The molecule has 0 radical (unpaired) electrons. The van der Waals surface area contributed by atoms with E-state index in [9.17, 15) is 4.79 Å². The van der Waals surface area contributed by atoms with Crippen molar-refractivity contribution in [2.75, 3.05) is 12.4 Å². The number of carbonyl (C=O) groups is 1. The maximum Gasteiger partial charge on any atom is 0.164 e. The molecule has 2 aliphatic heterocycles. The van der Waals surface area contributed by atoms with E-state index in [0.717, 1.165) is 12.4 Å². The molecule has 0 amide bonds. The smallest absolute Gasteiger partial charge is 0.164 e. The maximum absolute atomic E-state index is 10.9. The van der Waals surface area contributed by atoms with Crippen LogP contribution in [0.4, 0.5) is 0 Å². The second-order valence-electron chi connectivity index (χ2n) is 2.88. The fourth-order valence-electron chi connectivity index (χ4n) is 1.48. The molecule has 0 aromatic heterocycles. The van der Waals surface area contributed by atoms with Gasteiger partial charge in [-0.1, -0.05) is 0 Å². The Morgan fingerprint density at radius 3 is 3.30 bits per heavy atom. The van der Waals surface area contributed by atoms with Crippen LogP contribution in [0.3, 0.4) is 0 Å². The summed E-state index contributed by atoms with van der Waals surface area (Å²) < 4.78 is 5.50. The summed E-state index contributed by atoms with van der Waals surface area (Å²) in [5.41, 5.74) is 0. The van der Waals surface area contributed by atoms with Crippen LogP contribution in [0.2, 0.25) is 0 Å². The molecule has 2 unspecified atom stereocenters. The summed E-state index contributed by atoms with van der Waals surface area (Å²) in [5.74, 6) is 1.33. The molecule has 2 rings (SSSR count). The summed E-state index contributed by atoms with van der Waals surface area (Å²) in [4.78, 5) is 10.8. The van der Waals surface area contributed by atoms with Gasteiger partial charge in [0, 0.05) is 17.5 Å². The number of rotatable bonds is 0. The Morgan fingerprint density at radius 1 is 1.80 bits per heavy atom. The number of hydrogen-bond donors (Lipinski definition) is 0. The average molecular weight is 158 g/mol. The largest absolute Gasteiger partial charge is 0.364 e. The van der Waals surface area contributed by atoms with E-state index in [0.29, 0.717) is 6.42 Å². The first-order chi connectivity index (χ1) is 4.71. The van der Waals surface area contributed by atoms with Crippen molar-refractivity contribution in [1.82, 2.24) is 0 Å². The molecule has 0 bridgehead atoms. The predicted octanol–water partition coefficient (Wildman–Crippen LogP) is 0.777. The van der Waals surface area contributed by atoms with Gasteiger partial charge in [-0.15, -0.1) is 10.5 Å². The van der Waals surface area contributed by atoms with Crippen LogP contribution in [0.25, 0.3) is 0 Å². The Kier molecular flexibility index (Phi) is 1.26. The molecular weight excluding hydrogens is 148 g/mol. The minimum atomic E-state index is -0.100. The van der Waals surface area contributed by atoms with Gasteiger partial charge < -0.3 is 4.74 Å². The van der Waals surface area contributed by atoms with E-state index in [2.05, 4.69) is 0 Å². The van der Waals surface area contributed by atoms with Gasteiger partial charge in [-0.05, 0) is 6.92 Å². The summed E-state index contributed by atoms with van der Waals surface area (Å²) in [6.07, 6.45) is 0.607. The highest BCUT2D eigenvalue weighted by Crippen LogP contribution is 2.44. The third-order valence-electron chi connectivity index (χ3n) is 2.03. The summed E-state index contributed by atoms with van der Waals surface area (Å²) in [7, 11) is 0.140. The first kappa shape index (κ1) is 6.55. The van der Waals surface area contributed by atoms with Crippen LogP contribution in [-0.4, -0.2) is 28.4 Å². The lowest BCUT2D eigenvalue weighted by Crippen LogP contribution is -2.19. The second kappa shape index (κ2) is 1.92. The first-order valence-corrected chi connectivity index (χ1v) is 4.88. The predicted molar refractivity (Wildman–Crippen MR) is 42.5 cm³/mol. The Hall–Kier alpha value is -0.150. The Labute approximate surface area is 62.5 Å². The molecule has 1 saturated heterocycles. The van der Waals surface area contributed by atoms with Crippen molar-refractivity contribution >= 4 is 21.6 Å². The molecule has 3 heteroatoms. The van der Waals surface area contributed by atoms with Crippen LogP contribution >= 0.6 is 10.5 Å². The van der Waals surface area contributed by atoms with Crippen molar-refractivity contribution < 1.29 is 9.53 Å². The molecule has 0 saturated carbocycles. The lowest BCUT2D eigenvalue weighted by atomic mass is 10.2. The standard InChI is InChI=1S/C7H10O2S/c1-7-4-6(8)5-10(7)3-2-9-7/h5H,2-4H2,1H3. The summed E-state index contributed by atoms with van der Waals surface area (Å²) >= 11 is 0. The average Bonchev–Trinajstić information content (AvgIpc) is 2.20. The molecule has 2 nitrogen and oxygen atoms in total. The topological polar surface area (TPSA) is 26.3 Å². The number of hydrogen-bond acceptors (Lipinski definition) is 2.